The normalized spacial score (nSPS) is 10.8. The molecule has 0 unspecified atom stereocenters. The third-order valence-electron chi connectivity index (χ3n) is 4.65. The number of benzene rings is 3. The maximum Gasteiger partial charge on any atom is 0.248 e. The van der Waals surface area contributed by atoms with Crippen LogP contribution in [-0.4, -0.2) is 15.7 Å². The molecule has 0 spiro atoms. The SMILES string of the molecule is Cc1cc(-c2ccc(-c3ccc(N)cc3)cc2)n(-c2ccc(C(N)=O)cc2)n1. The Balaban J connectivity index is 1.70. The van der Waals surface area contributed by atoms with E-state index in [-0.39, 0.29) is 0 Å². The molecule has 0 fully saturated rings. The highest BCUT2D eigenvalue weighted by molar-refractivity contribution is 5.92. The van der Waals surface area contributed by atoms with Crippen molar-refractivity contribution in [1.82, 2.24) is 9.78 Å². The molecule has 5 heteroatoms. The van der Waals surface area contributed by atoms with Gasteiger partial charge in [0.05, 0.1) is 17.1 Å². The summed E-state index contributed by atoms with van der Waals surface area (Å²) in [5.74, 6) is -0.443. The summed E-state index contributed by atoms with van der Waals surface area (Å²) >= 11 is 0. The van der Waals surface area contributed by atoms with E-state index in [4.69, 9.17) is 11.5 Å². The second kappa shape index (κ2) is 7.04. The Morgan fingerprint density at radius 2 is 1.36 bits per heavy atom. The van der Waals surface area contributed by atoms with Crippen molar-refractivity contribution in [3.8, 4) is 28.1 Å². The number of nitrogen functional groups attached to an aromatic ring is 1. The molecular weight excluding hydrogens is 348 g/mol. The van der Waals surface area contributed by atoms with Gasteiger partial charge in [0.1, 0.15) is 0 Å². The van der Waals surface area contributed by atoms with E-state index in [1.54, 1.807) is 12.1 Å². The Morgan fingerprint density at radius 3 is 1.93 bits per heavy atom. The van der Waals surface area contributed by atoms with Crippen molar-refractivity contribution in [2.45, 2.75) is 6.92 Å². The number of nitrogens with two attached hydrogens (primary N) is 2. The van der Waals surface area contributed by atoms with Crippen molar-refractivity contribution in [1.29, 1.82) is 0 Å². The van der Waals surface area contributed by atoms with Crippen molar-refractivity contribution in [3.63, 3.8) is 0 Å². The van der Waals surface area contributed by atoms with Gasteiger partial charge < -0.3 is 11.5 Å². The van der Waals surface area contributed by atoms with Crippen LogP contribution in [0.15, 0.2) is 78.9 Å². The number of hydrogen-bond acceptors (Lipinski definition) is 3. The summed E-state index contributed by atoms with van der Waals surface area (Å²) in [7, 11) is 0. The highest BCUT2D eigenvalue weighted by Crippen LogP contribution is 2.27. The summed E-state index contributed by atoms with van der Waals surface area (Å²) in [6.07, 6.45) is 0. The van der Waals surface area contributed by atoms with E-state index in [1.807, 2.05) is 54.1 Å². The third-order valence-corrected chi connectivity index (χ3v) is 4.65. The molecule has 5 nitrogen and oxygen atoms in total. The molecule has 0 bridgehead atoms. The van der Waals surface area contributed by atoms with E-state index in [0.717, 1.165) is 39.5 Å². The van der Waals surface area contributed by atoms with Gasteiger partial charge in [-0.15, -0.1) is 0 Å². The zero-order valence-corrected chi connectivity index (χ0v) is 15.5. The van der Waals surface area contributed by atoms with Crippen LogP contribution in [-0.2, 0) is 0 Å². The lowest BCUT2D eigenvalue weighted by atomic mass is 10.0. The monoisotopic (exact) mass is 368 g/mol. The van der Waals surface area contributed by atoms with Gasteiger partial charge in [-0.05, 0) is 60.5 Å². The lowest BCUT2D eigenvalue weighted by Crippen LogP contribution is -2.10. The summed E-state index contributed by atoms with van der Waals surface area (Å²) in [6, 6.07) is 25.3. The number of nitrogens with zero attached hydrogens (tertiary/aromatic N) is 2. The number of anilines is 1. The molecule has 4 N–H and O–H groups in total. The first kappa shape index (κ1) is 17.5. The number of amides is 1. The van der Waals surface area contributed by atoms with E-state index in [2.05, 4.69) is 29.4 Å². The Morgan fingerprint density at radius 1 is 0.821 bits per heavy atom. The molecule has 0 aliphatic heterocycles. The van der Waals surface area contributed by atoms with Gasteiger partial charge in [-0.3, -0.25) is 4.79 Å². The highest BCUT2D eigenvalue weighted by Gasteiger charge is 2.11. The van der Waals surface area contributed by atoms with Crippen molar-refractivity contribution in [2.24, 2.45) is 5.73 Å². The van der Waals surface area contributed by atoms with E-state index in [0.29, 0.717) is 5.56 Å². The molecule has 4 rings (SSSR count). The Bertz CT molecular complexity index is 1120. The van der Waals surface area contributed by atoms with E-state index >= 15 is 0 Å². The maximum absolute atomic E-state index is 11.3. The molecule has 0 aliphatic rings. The zero-order valence-electron chi connectivity index (χ0n) is 15.5. The fraction of sp³-hybridized carbons (Fsp3) is 0.0435. The maximum atomic E-state index is 11.3. The largest absolute Gasteiger partial charge is 0.399 e. The smallest absolute Gasteiger partial charge is 0.248 e. The fourth-order valence-electron chi connectivity index (χ4n) is 3.18. The quantitative estimate of drug-likeness (QED) is 0.529. The van der Waals surface area contributed by atoms with Crippen LogP contribution < -0.4 is 11.5 Å². The molecule has 0 saturated heterocycles. The minimum atomic E-state index is -0.443. The molecule has 138 valence electrons. The Labute approximate surface area is 163 Å². The number of primary amides is 1. The van der Waals surface area contributed by atoms with Gasteiger partial charge >= 0.3 is 0 Å². The van der Waals surface area contributed by atoms with Crippen molar-refractivity contribution in [3.05, 3.63) is 90.1 Å². The van der Waals surface area contributed by atoms with Crippen LogP contribution in [0.25, 0.3) is 28.1 Å². The van der Waals surface area contributed by atoms with Gasteiger partial charge in [0.15, 0.2) is 0 Å². The molecule has 28 heavy (non-hydrogen) atoms. The molecule has 1 heterocycles. The standard InChI is InChI=1S/C23H20N4O/c1-15-14-22(27(26-15)21-12-8-19(9-13-21)23(25)28)18-4-2-16(3-5-18)17-6-10-20(24)11-7-17/h2-14H,24H2,1H3,(H2,25,28). The molecule has 0 radical (unpaired) electrons. The number of hydrogen-bond donors (Lipinski definition) is 2. The average Bonchev–Trinajstić information content (AvgIpc) is 3.10. The first-order valence-electron chi connectivity index (χ1n) is 8.94. The molecule has 1 amide bonds. The summed E-state index contributed by atoms with van der Waals surface area (Å²) in [5.41, 5.74) is 18.4. The molecular formula is C23H20N4O. The molecule has 1 aromatic heterocycles. The van der Waals surface area contributed by atoms with E-state index in [9.17, 15) is 4.79 Å². The van der Waals surface area contributed by atoms with Crippen LogP contribution in [0.4, 0.5) is 5.69 Å². The number of carbonyl (C=O) groups excluding carboxylic acids is 1. The lowest BCUT2D eigenvalue weighted by Gasteiger charge is -2.09. The summed E-state index contributed by atoms with van der Waals surface area (Å²) in [5, 5.41) is 4.61. The van der Waals surface area contributed by atoms with Crippen LogP contribution in [0.3, 0.4) is 0 Å². The first-order chi connectivity index (χ1) is 13.5. The minimum absolute atomic E-state index is 0.443. The molecule has 3 aromatic carbocycles. The summed E-state index contributed by atoms with van der Waals surface area (Å²) < 4.78 is 1.87. The molecule has 0 aliphatic carbocycles. The van der Waals surface area contributed by atoms with Gasteiger partial charge in [-0.25, -0.2) is 4.68 Å². The fourth-order valence-corrected chi connectivity index (χ4v) is 3.18. The number of carbonyl (C=O) groups is 1. The van der Waals surface area contributed by atoms with Crippen molar-refractivity contribution < 1.29 is 4.79 Å². The molecule has 0 atom stereocenters. The topological polar surface area (TPSA) is 86.9 Å². The lowest BCUT2D eigenvalue weighted by molar-refractivity contribution is 0.100. The van der Waals surface area contributed by atoms with E-state index in [1.165, 1.54) is 0 Å². The third kappa shape index (κ3) is 3.38. The van der Waals surface area contributed by atoms with Crippen molar-refractivity contribution >= 4 is 11.6 Å². The van der Waals surface area contributed by atoms with Gasteiger partial charge in [-0.1, -0.05) is 36.4 Å². The average molecular weight is 368 g/mol. The first-order valence-corrected chi connectivity index (χ1v) is 8.94. The van der Waals surface area contributed by atoms with Gasteiger partial charge in [0.2, 0.25) is 5.91 Å². The van der Waals surface area contributed by atoms with Gasteiger partial charge in [0.25, 0.3) is 0 Å². The van der Waals surface area contributed by atoms with Gasteiger partial charge in [0, 0.05) is 16.8 Å². The van der Waals surface area contributed by atoms with Gasteiger partial charge in [-0.2, -0.15) is 5.10 Å². The number of aromatic nitrogens is 2. The number of rotatable bonds is 4. The van der Waals surface area contributed by atoms with Crippen LogP contribution in [0.2, 0.25) is 0 Å². The van der Waals surface area contributed by atoms with Crippen LogP contribution in [0, 0.1) is 6.92 Å². The highest BCUT2D eigenvalue weighted by atomic mass is 16.1. The van der Waals surface area contributed by atoms with Crippen LogP contribution in [0.5, 0.6) is 0 Å². The Kier molecular flexibility index (Phi) is 4.41. The minimum Gasteiger partial charge on any atom is -0.399 e. The van der Waals surface area contributed by atoms with Crippen LogP contribution in [0.1, 0.15) is 16.1 Å². The second-order valence-corrected chi connectivity index (χ2v) is 6.69. The zero-order chi connectivity index (χ0) is 19.7. The second-order valence-electron chi connectivity index (χ2n) is 6.69. The molecule has 0 saturated carbocycles. The van der Waals surface area contributed by atoms with Crippen molar-refractivity contribution in [2.75, 3.05) is 5.73 Å². The predicted octanol–water partition coefficient (Wildman–Crippen LogP) is 4.20. The Hall–Kier alpha value is -3.86. The van der Waals surface area contributed by atoms with E-state index < -0.39 is 5.91 Å². The number of aryl methyl sites for hydroxylation is 1. The summed E-state index contributed by atoms with van der Waals surface area (Å²) in [6.45, 7) is 1.96. The molecule has 4 aromatic rings. The summed E-state index contributed by atoms with van der Waals surface area (Å²) in [4.78, 5) is 11.3. The predicted molar refractivity (Wildman–Crippen MR) is 112 cm³/mol. The van der Waals surface area contributed by atoms with Crippen LogP contribution >= 0.6 is 0 Å².